The zero-order valence-corrected chi connectivity index (χ0v) is 17.4. The molecule has 26 heavy (non-hydrogen) atoms. The molecule has 3 nitrogen and oxygen atoms in total. The van der Waals surface area contributed by atoms with Gasteiger partial charge in [0.25, 0.3) is 0 Å². The lowest BCUT2D eigenvalue weighted by Gasteiger charge is -2.50. The molecule has 0 unspecified atom stereocenters. The van der Waals surface area contributed by atoms with Crippen molar-refractivity contribution in [2.24, 2.45) is 5.92 Å². The van der Waals surface area contributed by atoms with Crippen LogP contribution in [0.1, 0.15) is 66.2 Å². The lowest BCUT2D eigenvalue weighted by Crippen LogP contribution is -2.61. The van der Waals surface area contributed by atoms with Gasteiger partial charge in [0, 0.05) is 6.54 Å². The van der Waals surface area contributed by atoms with E-state index in [0.29, 0.717) is 19.1 Å². The van der Waals surface area contributed by atoms with Crippen LogP contribution in [-0.2, 0) is 4.74 Å². The number of rotatable bonds is 10. The SMILES string of the molecule is CC(C)=CCC/C(C)=C/CC/C(C)=C/COC[C@]1(O)CN2CCC1CC2. The van der Waals surface area contributed by atoms with Crippen molar-refractivity contribution in [1.82, 2.24) is 4.90 Å². The van der Waals surface area contributed by atoms with E-state index in [1.807, 2.05) is 0 Å². The van der Waals surface area contributed by atoms with Gasteiger partial charge >= 0.3 is 0 Å². The summed E-state index contributed by atoms with van der Waals surface area (Å²) >= 11 is 0. The van der Waals surface area contributed by atoms with Crippen molar-refractivity contribution in [3.05, 3.63) is 34.9 Å². The first-order valence-electron chi connectivity index (χ1n) is 10.4. The largest absolute Gasteiger partial charge is 0.386 e. The second-order valence-corrected chi connectivity index (χ2v) is 8.63. The Bertz CT molecular complexity index is 522. The van der Waals surface area contributed by atoms with Crippen LogP contribution in [0, 0.1) is 5.92 Å². The highest BCUT2D eigenvalue weighted by atomic mass is 16.5. The van der Waals surface area contributed by atoms with E-state index in [9.17, 15) is 5.11 Å². The molecule has 1 N–H and O–H groups in total. The summed E-state index contributed by atoms with van der Waals surface area (Å²) in [6.45, 7) is 12.9. The van der Waals surface area contributed by atoms with Gasteiger partial charge in [-0.3, -0.25) is 0 Å². The Kier molecular flexibility index (Phi) is 8.59. The quantitative estimate of drug-likeness (QED) is 0.445. The molecule has 3 saturated heterocycles. The van der Waals surface area contributed by atoms with Crippen molar-refractivity contribution in [1.29, 1.82) is 0 Å². The molecule has 0 radical (unpaired) electrons. The lowest BCUT2D eigenvalue weighted by molar-refractivity contribution is -0.146. The van der Waals surface area contributed by atoms with Gasteiger partial charge in [-0.15, -0.1) is 0 Å². The Hall–Kier alpha value is -0.900. The maximum atomic E-state index is 10.8. The second kappa shape index (κ2) is 10.4. The molecule has 3 heteroatoms. The van der Waals surface area contributed by atoms with Crippen molar-refractivity contribution in [3.63, 3.8) is 0 Å². The van der Waals surface area contributed by atoms with Gasteiger partial charge < -0.3 is 14.7 Å². The molecule has 0 saturated carbocycles. The molecule has 1 atom stereocenters. The first-order valence-corrected chi connectivity index (χ1v) is 10.4. The molecule has 3 aliphatic heterocycles. The minimum atomic E-state index is -0.622. The van der Waals surface area contributed by atoms with Crippen LogP contribution in [0.5, 0.6) is 0 Å². The molecule has 3 heterocycles. The highest BCUT2D eigenvalue weighted by Crippen LogP contribution is 2.35. The summed E-state index contributed by atoms with van der Waals surface area (Å²) in [4.78, 5) is 2.37. The second-order valence-electron chi connectivity index (χ2n) is 8.63. The van der Waals surface area contributed by atoms with Gasteiger partial charge in [-0.2, -0.15) is 0 Å². The minimum Gasteiger partial charge on any atom is -0.386 e. The fraction of sp³-hybridized carbons (Fsp3) is 0.739. The molecule has 148 valence electrons. The number of allylic oxidation sites excluding steroid dienone is 5. The first-order chi connectivity index (χ1) is 12.4. The molecule has 0 aromatic rings. The minimum absolute atomic E-state index is 0.428. The third kappa shape index (κ3) is 7.02. The standard InChI is InChI=1S/C23H39NO2/c1-19(2)7-5-8-20(3)9-6-10-21(4)13-16-26-18-23(25)17-24-14-11-22(23)12-15-24/h7,9,13,22,25H,5-6,8,10-12,14-18H2,1-4H3/b20-9+,21-13+/t23-/m1/s1. The Morgan fingerprint density at radius 2 is 1.62 bits per heavy atom. The molecule has 0 aromatic heterocycles. The van der Waals surface area contributed by atoms with Crippen LogP contribution in [0.25, 0.3) is 0 Å². The maximum Gasteiger partial charge on any atom is 0.103 e. The van der Waals surface area contributed by atoms with Crippen molar-refractivity contribution in [2.45, 2.75) is 71.8 Å². The van der Waals surface area contributed by atoms with Gasteiger partial charge in [0.15, 0.2) is 0 Å². The molecule has 2 bridgehead atoms. The highest BCUT2D eigenvalue weighted by Gasteiger charge is 2.45. The van der Waals surface area contributed by atoms with Gasteiger partial charge in [0.2, 0.25) is 0 Å². The number of piperidine rings is 3. The molecule has 3 fully saturated rings. The fourth-order valence-electron chi connectivity index (χ4n) is 4.08. The number of ether oxygens (including phenoxy) is 1. The van der Waals surface area contributed by atoms with Crippen molar-refractivity contribution in [3.8, 4) is 0 Å². The van der Waals surface area contributed by atoms with Gasteiger partial charge in [-0.05, 0) is 85.2 Å². The number of aliphatic hydroxyl groups is 1. The van der Waals surface area contributed by atoms with Crippen LogP contribution in [0.4, 0.5) is 0 Å². The van der Waals surface area contributed by atoms with Gasteiger partial charge in [-0.1, -0.05) is 34.9 Å². The summed E-state index contributed by atoms with van der Waals surface area (Å²) in [5.41, 5.74) is 3.64. The Morgan fingerprint density at radius 3 is 2.19 bits per heavy atom. The van der Waals surface area contributed by atoms with Crippen molar-refractivity contribution >= 4 is 0 Å². The topological polar surface area (TPSA) is 32.7 Å². The summed E-state index contributed by atoms with van der Waals surface area (Å²) in [5, 5.41) is 10.8. The zero-order chi connectivity index (χ0) is 19.0. The average molecular weight is 362 g/mol. The fourth-order valence-corrected chi connectivity index (χ4v) is 4.08. The zero-order valence-electron chi connectivity index (χ0n) is 17.4. The maximum absolute atomic E-state index is 10.8. The normalized spacial score (nSPS) is 29.1. The molecular weight excluding hydrogens is 322 g/mol. The van der Waals surface area contributed by atoms with Crippen molar-refractivity contribution in [2.75, 3.05) is 32.8 Å². The molecule has 0 aromatic carbocycles. The monoisotopic (exact) mass is 361 g/mol. The number of nitrogens with zero attached hydrogens (tertiary/aromatic N) is 1. The van der Waals surface area contributed by atoms with Crippen LogP contribution in [0.3, 0.4) is 0 Å². The van der Waals surface area contributed by atoms with E-state index in [0.717, 1.165) is 58.2 Å². The molecule has 0 spiro atoms. The van der Waals surface area contributed by atoms with Crippen LogP contribution < -0.4 is 0 Å². The predicted molar refractivity (Wildman–Crippen MR) is 110 cm³/mol. The van der Waals surface area contributed by atoms with E-state index in [-0.39, 0.29) is 0 Å². The van der Waals surface area contributed by atoms with Gasteiger partial charge in [0.1, 0.15) is 5.60 Å². The smallest absolute Gasteiger partial charge is 0.103 e. The average Bonchev–Trinajstić information content (AvgIpc) is 2.59. The van der Waals surface area contributed by atoms with Crippen LogP contribution in [-0.4, -0.2) is 48.5 Å². The lowest BCUT2D eigenvalue weighted by atomic mass is 9.76. The number of hydrogen-bond acceptors (Lipinski definition) is 3. The van der Waals surface area contributed by atoms with Crippen LogP contribution in [0.15, 0.2) is 34.9 Å². The number of fused-ring (bicyclic) bond motifs is 3. The molecular formula is C23H39NO2. The van der Waals surface area contributed by atoms with E-state index in [4.69, 9.17) is 4.74 Å². The van der Waals surface area contributed by atoms with E-state index in [2.05, 4.69) is 50.8 Å². The third-order valence-corrected chi connectivity index (χ3v) is 5.87. The highest BCUT2D eigenvalue weighted by molar-refractivity contribution is 5.05. The Labute approximate surface area is 160 Å². The van der Waals surface area contributed by atoms with E-state index in [1.165, 1.54) is 16.7 Å². The summed E-state index contributed by atoms with van der Waals surface area (Å²) in [7, 11) is 0. The van der Waals surface area contributed by atoms with Gasteiger partial charge in [-0.25, -0.2) is 0 Å². The molecule has 3 aliphatic rings. The third-order valence-electron chi connectivity index (χ3n) is 5.87. The van der Waals surface area contributed by atoms with E-state index < -0.39 is 5.60 Å². The summed E-state index contributed by atoms with van der Waals surface area (Å²) < 4.78 is 5.83. The van der Waals surface area contributed by atoms with Crippen molar-refractivity contribution < 1.29 is 9.84 Å². The van der Waals surface area contributed by atoms with E-state index in [1.54, 1.807) is 0 Å². The Balaban J connectivity index is 1.62. The summed E-state index contributed by atoms with van der Waals surface area (Å²) in [6.07, 6.45) is 13.6. The predicted octanol–water partition coefficient (Wildman–Crippen LogP) is 4.88. The van der Waals surface area contributed by atoms with Crippen LogP contribution in [0.2, 0.25) is 0 Å². The molecule has 3 rings (SSSR count). The summed E-state index contributed by atoms with van der Waals surface area (Å²) in [6, 6.07) is 0. The number of hydrogen-bond donors (Lipinski definition) is 1. The summed E-state index contributed by atoms with van der Waals surface area (Å²) in [5.74, 6) is 0.428. The molecule has 0 amide bonds. The molecule has 0 aliphatic carbocycles. The first kappa shape index (κ1) is 21.4. The van der Waals surface area contributed by atoms with Crippen LogP contribution >= 0.6 is 0 Å². The van der Waals surface area contributed by atoms with E-state index >= 15 is 0 Å². The van der Waals surface area contributed by atoms with Gasteiger partial charge in [0.05, 0.1) is 13.2 Å². The Morgan fingerprint density at radius 1 is 1.00 bits per heavy atom.